The molecule has 1 rings (SSSR count). The largest absolute Gasteiger partial charge is 0.493 e. The normalized spacial score (nSPS) is 10.2. The number of unbranched alkanes of at least 4 members (excludes halogenated alkanes) is 3. The van der Waals surface area contributed by atoms with Gasteiger partial charge in [0, 0.05) is 0 Å². The Morgan fingerprint density at radius 2 is 1.88 bits per heavy atom. The monoisotopic (exact) mass is 221 g/mol. The first-order chi connectivity index (χ1) is 7.83. The lowest BCUT2D eigenvalue weighted by Crippen LogP contribution is -1.96. The predicted octanol–water partition coefficient (Wildman–Crippen LogP) is 3.63. The average Bonchev–Trinajstić information content (AvgIpc) is 2.34. The molecule has 0 saturated carbocycles. The fraction of sp³-hybridized carbons (Fsp3) is 0.571. The quantitative estimate of drug-likeness (QED) is 0.655. The standard InChI is InChI=1S/C14H21O2/c1-4-5-6-7-9-12-10-8-11-13(15-2)14(12)16-3/h10-11H,4-7,9H2,1-3H3. The van der Waals surface area contributed by atoms with E-state index in [0.29, 0.717) is 0 Å². The Morgan fingerprint density at radius 1 is 1.06 bits per heavy atom. The maximum Gasteiger partial charge on any atom is 0.163 e. The highest BCUT2D eigenvalue weighted by Crippen LogP contribution is 2.31. The first kappa shape index (κ1) is 12.9. The van der Waals surface area contributed by atoms with Gasteiger partial charge in [-0.15, -0.1) is 0 Å². The van der Waals surface area contributed by atoms with E-state index in [0.717, 1.165) is 17.9 Å². The minimum Gasteiger partial charge on any atom is -0.493 e. The van der Waals surface area contributed by atoms with Gasteiger partial charge >= 0.3 is 0 Å². The highest BCUT2D eigenvalue weighted by atomic mass is 16.5. The molecule has 1 aromatic carbocycles. The van der Waals surface area contributed by atoms with E-state index in [1.165, 1.54) is 31.2 Å². The Balaban J connectivity index is 2.63. The molecule has 2 nitrogen and oxygen atoms in total. The van der Waals surface area contributed by atoms with Crippen molar-refractivity contribution >= 4 is 0 Å². The molecule has 0 N–H and O–H groups in total. The number of hydrogen-bond acceptors (Lipinski definition) is 2. The summed E-state index contributed by atoms with van der Waals surface area (Å²) in [5.41, 5.74) is 1.19. The van der Waals surface area contributed by atoms with Gasteiger partial charge in [-0.1, -0.05) is 26.2 Å². The first-order valence-electron chi connectivity index (χ1n) is 5.94. The van der Waals surface area contributed by atoms with Crippen molar-refractivity contribution in [1.29, 1.82) is 0 Å². The summed E-state index contributed by atoms with van der Waals surface area (Å²) >= 11 is 0. The summed E-state index contributed by atoms with van der Waals surface area (Å²) in [6.45, 7) is 2.22. The number of methoxy groups -OCH3 is 2. The molecule has 0 aliphatic rings. The molecule has 0 atom stereocenters. The molecular weight excluding hydrogens is 200 g/mol. The van der Waals surface area contributed by atoms with Gasteiger partial charge in [0.1, 0.15) is 0 Å². The van der Waals surface area contributed by atoms with Gasteiger partial charge < -0.3 is 9.47 Å². The van der Waals surface area contributed by atoms with Gasteiger partial charge in [-0.05, 0) is 36.6 Å². The topological polar surface area (TPSA) is 18.5 Å². The van der Waals surface area contributed by atoms with Gasteiger partial charge in [0.25, 0.3) is 0 Å². The van der Waals surface area contributed by atoms with E-state index >= 15 is 0 Å². The molecule has 0 aliphatic carbocycles. The molecule has 1 radical (unpaired) electrons. The number of rotatable bonds is 7. The third-order valence-electron chi connectivity index (χ3n) is 2.71. The maximum atomic E-state index is 5.38. The van der Waals surface area contributed by atoms with Crippen LogP contribution in [0.1, 0.15) is 38.2 Å². The van der Waals surface area contributed by atoms with Crippen LogP contribution < -0.4 is 9.47 Å². The smallest absolute Gasteiger partial charge is 0.163 e. The second-order valence-electron chi connectivity index (χ2n) is 3.89. The summed E-state index contributed by atoms with van der Waals surface area (Å²) < 4.78 is 10.6. The van der Waals surface area contributed by atoms with Crippen molar-refractivity contribution in [2.24, 2.45) is 0 Å². The number of hydrogen-bond donors (Lipinski definition) is 0. The van der Waals surface area contributed by atoms with Crippen LogP contribution in [0.4, 0.5) is 0 Å². The van der Waals surface area contributed by atoms with Crippen molar-refractivity contribution in [1.82, 2.24) is 0 Å². The van der Waals surface area contributed by atoms with Gasteiger partial charge in [0.05, 0.1) is 14.2 Å². The molecular formula is C14H21O2. The maximum absolute atomic E-state index is 5.38. The highest BCUT2D eigenvalue weighted by Gasteiger charge is 2.08. The molecule has 0 unspecified atom stereocenters. The third-order valence-corrected chi connectivity index (χ3v) is 2.71. The molecule has 0 fully saturated rings. The van der Waals surface area contributed by atoms with Crippen molar-refractivity contribution in [2.75, 3.05) is 14.2 Å². The zero-order valence-electron chi connectivity index (χ0n) is 10.5. The predicted molar refractivity (Wildman–Crippen MR) is 66.2 cm³/mol. The van der Waals surface area contributed by atoms with Crippen LogP contribution in [0, 0.1) is 6.07 Å². The van der Waals surface area contributed by atoms with Crippen LogP contribution in [-0.2, 0) is 6.42 Å². The van der Waals surface area contributed by atoms with Gasteiger partial charge in [-0.25, -0.2) is 0 Å². The zero-order valence-corrected chi connectivity index (χ0v) is 10.5. The number of benzene rings is 1. The number of ether oxygens (including phenoxy) is 2. The van der Waals surface area contributed by atoms with E-state index in [4.69, 9.17) is 9.47 Å². The van der Waals surface area contributed by atoms with Crippen LogP contribution in [0.2, 0.25) is 0 Å². The Bertz CT molecular complexity index is 308. The Morgan fingerprint density at radius 3 is 2.50 bits per heavy atom. The van der Waals surface area contributed by atoms with Gasteiger partial charge in [0.2, 0.25) is 0 Å². The van der Waals surface area contributed by atoms with E-state index in [-0.39, 0.29) is 0 Å². The molecule has 0 spiro atoms. The van der Waals surface area contributed by atoms with Crippen LogP contribution in [0.5, 0.6) is 11.5 Å². The van der Waals surface area contributed by atoms with Crippen molar-refractivity contribution in [3.8, 4) is 11.5 Å². The van der Waals surface area contributed by atoms with E-state index in [1.54, 1.807) is 14.2 Å². The van der Waals surface area contributed by atoms with Gasteiger partial charge in [-0.2, -0.15) is 0 Å². The summed E-state index contributed by atoms with van der Waals surface area (Å²) in [6.07, 6.45) is 6.08. The molecule has 0 aliphatic heterocycles. The molecule has 89 valence electrons. The lowest BCUT2D eigenvalue weighted by Gasteiger charge is -2.12. The summed E-state index contributed by atoms with van der Waals surface area (Å²) in [4.78, 5) is 0. The van der Waals surface area contributed by atoms with Crippen LogP contribution in [0.3, 0.4) is 0 Å². The lowest BCUT2D eigenvalue weighted by molar-refractivity contribution is 0.351. The van der Waals surface area contributed by atoms with Crippen molar-refractivity contribution < 1.29 is 9.47 Å². The molecule has 0 amide bonds. The molecule has 2 heteroatoms. The lowest BCUT2D eigenvalue weighted by atomic mass is 10.0. The second kappa shape index (κ2) is 7.15. The summed E-state index contributed by atoms with van der Waals surface area (Å²) in [5, 5.41) is 0. The summed E-state index contributed by atoms with van der Waals surface area (Å²) in [6, 6.07) is 6.90. The van der Waals surface area contributed by atoms with Crippen LogP contribution in [-0.4, -0.2) is 14.2 Å². The minimum absolute atomic E-state index is 0.774. The third kappa shape index (κ3) is 3.44. The second-order valence-corrected chi connectivity index (χ2v) is 3.89. The molecule has 0 saturated heterocycles. The highest BCUT2D eigenvalue weighted by molar-refractivity contribution is 5.46. The summed E-state index contributed by atoms with van der Waals surface area (Å²) in [5.74, 6) is 1.63. The molecule has 16 heavy (non-hydrogen) atoms. The fourth-order valence-electron chi connectivity index (χ4n) is 1.82. The van der Waals surface area contributed by atoms with Crippen LogP contribution in [0.25, 0.3) is 0 Å². The van der Waals surface area contributed by atoms with E-state index in [1.807, 2.05) is 12.1 Å². The zero-order chi connectivity index (χ0) is 11.8. The fourth-order valence-corrected chi connectivity index (χ4v) is 1.82. The SMILES string of the molecule is CCCCCCc1c[c]cc(OC)c1OC. The Kier molecular flexibility index (Phi) is 5.76. The Labute approximate surface area is 98.6 Å². The molecule has 0 bridgehead atoms. The van der Waals surface area contributed by atoms with E-state index < -0.39 is 0 Å². The van der Waals surface area contributed by atoms with E-state index in [2.05, 4.69) is 13.0 Å². The van der Waals surface area contributed by atoms with Crippen molar-refractivity contribution in [3.05, 3.63) is 23.8 Å². The van der Waals surface area contributed by atoms with Crippen LogP contribution in [0.15, 0.2) is 12.1 Å². The molecule has 1 aromatic rings. The number of aryl methyl sites for hydroxylation is 1. The summed E-state index contributed by atoms with van der Waals surface area (Å²) in [7, 11) is 3.35. The van der Waals surface area contributed by atoms with Crippen molar-refractivity contribution in [2.45, 2.75) is 39.0 Å². The Hall–Kier alpha value is -1.18. The van der Waals surface area contributed by atoms with Crippen molar-refractivity contribution in [3.63, 3.8) is 0 Å². The van der Waals surface area contributed by atoms with E-state index in [9.17, 15) is 0 Å². The molecule has 0 heterocycles. The average molecular weight is 221 g/mol. The molecule has 0 aromatic heterocycles. The first-order valence-corrected chi connectivity index (χ1v) is 5.94. The minimum atomic E-state index is 0.774. The van der Waals surface area contributed by atoms with Gasteiger partial charge in [-0.3, -0.25) is 0 Å². The van der Waals surface area contributed by atoms with Gasteiger partial charge in [0.15, 0.2) is 11.5 Å². The van der Waals surface area contributed by atoms with Crippen LogP contribution >= 0.6 is 0 Å².